The third-order valence-corrected chi connectivity index (χ3v) is 5.57. The number of ether oxygens (including phenoxy) is 2. The van der Waals surface area contributed by atoms with Gasteiger partial charge in [-0.25, -0.2) is 0 Å². The van der Waals surface area contributed by atoms with Crippen molar-refractivity contribution in [3.8, 4) is 11.4 Å². The number of fused-ring (bicyclic) bond motifs is 1. The Bertz CT molecular complexity index is 983. The number of aromatic nitrogens is 2. The monoisotopic (exact) mass is 384 g/mol. The Labute approximate surface area is 164 Å². The average Bonchev–Trinajstić information content (AvgIpc) is 2.93. The zero-order valence-electron chi connectivity index (χ0n) is 16.0. The summed E-state index contributed by atoms with van der Waals surface area (Å²) in [5, 5.41) is 0. The maximum absolute atomic E-state index is 5.91. The molecule has 1 aliphatic rings. The molecule has 6 heteroatoms. The number of benzene rings is 2. The second-order valence-electron chi connectivity index (χ2n) is 7.31. The Kier molecular flexibility index (Phi) is 5.04. The number of nitrogens with one attached hydrogen (secondary N) is 1. The molecule has 3 aromatic rings. The lowest BCUT2D eigenvalue weighted by atomic mass is 10.2. The Morgan fingerprint density at radius 1 is 1.04 bits per heavy atom. The molecule has 27 heavy (non-hydrogen) atoms. The van der Waals surface area contributed by atoms with E-state index in [9.17, 15) is 0 Å². The number of rotatable bonds is 4. The third-order valence-electron chi connectivity index (χ3n) is 5.16. The van der Waals surface area contributed by atoms with Crippen molar-refractivity contribution in [1.82, 2.24) is 9.13 Å². The molecule has 1 saturated heterocycles. The number of morpholine rings is 1. The summed E-state index contributed by atoms with van der Waals surface area (Å²) in [7, 11) is 1.68. The molecule has 0 radical (unpaired) electrons. The first-order valence-electron chi connectivity index (χ1n) is 9.40. The molecular formula is C21H26N3O2S+. The molecule has 0 saturated carbocycles. The van der Waals surface area contributed by atoms with E-state index in [1.54, 1.807) is 7.11 Å². The molecule has 1 unspecified atom stereocenters. The van der Waals surface area contributed by atoms with Gasteiger partial charge < -0.3 is 14.4 Å². The van der Waals surface area contributed by atoms with E-state index < -0.39 is 0 Å². The number of hydrogen-bond donors (Lipinski definition) is 1. The molecular weight excluding hydrogens is 358 g/mol. The van der Waals surface area contributed by atoms with Gasteiger partial charge in [-0.1, -0.05) is 12.1 Å². The minimum absolute atomic E-state index is 0.271. The van der Waals surface area contributed by atoms with Gasteiger partial charge in [0.1, 0.15) is 31.0 Å². The van der Waals surface area contributed by atoms with E-state index in [2.05, 4.69) is 59.4 Å². The van der Waals surface area contributed by atoms with E-state index >= 15 is 0 Å². The van der Waals surface area contributed by atoms with Crippen LogP contribution < -0.4 is 9.64 Å². The van der Waals surface area contributed by atoms with Crippen LogP contribution in [0, 0.1) is 4.77 Å². The minimum atomic E-state index is 0.271. The Balaban J connectivity index is 1.77. The molecule has 0 aliphatic carbocycles. The largest absolute Gasteiger partial charge is 0.497 e. The van der Waals surface area contributed by atoms with Crippen LogP contribution in [0.3, 0.4) is 0 Å². The highest BCUT2D eigenvalue weighted by atomic mass is 32.1. The van der Waals surface area contributed by atoms with E-state index in [0.29, 0.717) is 0 Å². The van der Waals surface area contributed by atoms with Crippen LogP contribution in [0.15, 0.2) is 48.5 Å². The average molecular weight is 385 g/mol. The van der Waals surface area contributed by atoms with Crippen molar-refractivity contribution in [2.45, 2.75) is 32.7 Å². The van der Waals surface area contributed by atoms with Crippen LogP contribution in [-0.2, 0) is 11.4 Å². The van der Waals surface area contributed by atoms with Crippen LogP contribution in [0.25, 0.3) is 16.7 Å². The third kappa shape index (κ3) is 3.52. The van der Waals surface area contributed by atoms with Crippen molar-refractivity contribution in [2.75, 3.05) is 20.2 Å². The van der Waals surface area contributed by atoms with E-state index in [1.807, 2.05) is 12.1 Å². The maximum Gasteiger partial charge on any atom is 0.189 e. The lowest BCUT2D eigenvalue weighted by Crippen LogP contribution is -3.14. The maximum atomic E-state index is 5.91. The molecule has 3 atom stereocenters. The summed E-state index contributed by atoms with van der Waals surface area (Å²) in [4.78, 5) is 1.50. The molecule has 1 aromatic heterocycles. The molecule has 2 heterocycles. The van der Waals surface area contributed by atoms with Gasteiger partial charge in [-0.05, 0) is 62.5 Å². The number of hydrogen-bond acceptors (Lipinski definition) is 3. The Morgan fingerprint density at radius 3 is 2.30 bits per heavy atom. The second kappa shape index (κ2) is 7.46. The van der Waals surface area contributed by atoms with E-state index in [4.69, 9.17) is 21.7 Å². The molecule has 1 N–H and O–H groups in total. The van der Waals surface area contributed by atoms with Crippen LogP contribution in [-0.4, -0.2) is 41.5 Å². The summed E-state index contributed by atoms with van der Waals surface area (Å²) in [5.41, 5.74) is 3.34. The molecule has 0 bridgehead atoms. The first kappa shape index (κ1) is 18.2. The topological polar surface area (TPSA) is 32.8 Å². The fourth-order valence-corrected chi connectivity index (χ4v) is 4.45. The molecule has 142 valence electrons. The van der Waals surface area contributed by atoms with Crippen molar-refractivity contribution in [1.29, 1.82) is 0 Å². The molecule has 1 aliphatic heterocycles. The van der Waals surface area contributed by atoms with Crippen molar-refractivity contribution in [3.05, 3.63) is 53.3 Å². The molecule has 0 spiro atoms. The summed E-state index contributed by atoms with van der Waals surface area (Å²) in [6.45, 7) is 7.13. The number of methoxy groups -OCH3 is 1. The van der Waals surface area contributed by atoms with Crippen LogP contribution in [0.1, 0.15) is 13.8 Å². The van der Waals surface area contributed by atoms with Crippen molar-refractivity contribution in [3.63, 3.8) is 0 Å². The lowest BCUT2D eigenvalue weighted by molar-refractivity contribution is -0.936. The van der Waals surface area contributed by atoms with Crippen LogP contribution in [0.2, 0.25) is 0 Å². The Hall–Kier alpha value is -2.15. The number of imidazole rings is 1. The first-order valence-corrected chi connectivity index (χ1v) is 9.81. The standard InChI is InChI=1S/C21H25N3O2S/c1-15-12-22(13-16(2)26-15)14-23-19-6-4-5-7-20(19)24(21(23)27)17-8-10-18(25-3)11-9-17/h4-11,15-16H,12-14H2,1-3H3/p+1/t15-,16+. The fraction of sp³-hybridized carbons (Fsp3) is 0.381. The van der Waals surface area contributed by atoms with Crippen LogP contribution in [0.5, 0.6) is 5.75 Å². The minimum Gasteiger partial charge on any atom is -0.497 e. The summed E-state index contributed by atoms with van der Waals surface area (Å²) in [5.74, 6) is 0.842. The van der Waals surface area contributed by atoms with Crippen LogP contribution in [0.4, 0.5) is 0 Å². The zero-order valence-corrected chi connectivity index (χ0v) is 16.8. The number of nitrogens with zero attached hydrogens (tertiary/aromatic N) is 2. The highest BCUT2D eigenvalue weighted by molar-refractivity contribution is 7.71. The highest BCUT2D eigenvalue weighted by Gasteiger charge is 2.26. The van der Waals surface area contributed by atoms with Gasteiger partial charge in [-0.15, -0.1) is 0 Å². The van der Waals surface area contributed by atoms with Gasteiger partial charge in [0.2, 0.25) is 0 Å². The van der Waals surface area contributed by atoms with Crippen molar-refractivity contribution >= 4 is 23.3 Å². The molecule has 5 nitrogen and oxygen atoms in total. The molecule has 0 amide bonds. The quantitative estimate of drug-likeness (QED) is 0.702. The smallest absolute Gasteiger partial charge is 0.189 e. The van der Waals surface area contributed by atoms with Gasteiger partial charge >= 0.3 is 0 Å². The predicted molar refractivity (Wildman–Crippen MR) is 109 cm³/mol. The highest BCUT2D eigenvalue weighted by Crippen LogP contribution is 2.23. The van der Waals surface area contributed by atoms with Gasteiger partial charge in [-0.2, -0.15) is 0 Å². The fourth-order valence-electron chi connectivity index (χ4n) is 4.08. The van der Waals surface area contributed by atoms with Crippen LogP contribution >= 0.6 is 12.2 Å². The SMILES string of the molecule is COc1ccc(-n2c(=S)n(C[NH+]3C[C@@H](C)O[C@@H](C)C3)c3ccccc32)cc1. The van der Waals surface area contributed by atoms with E-state index in [0.717, 1.165) is 47.0 Å². The summed E-state index contributed by atoms with van der Waals surface area (Å²) in [6, 6.07) is 16.5. The Morgan fingerprint density at radius 2 is 1.67 bits per heavy atom. The molecule has 1 fully saturated rings. The normalized spacial score (nSPS) is 22.9. The van der Waals surface area contributed by atoms with Gasteiger partial charge in [0.25, 0.3) is 0 Å². The second-order valence-corrected chi connectivity index (χ2v) is 7.67. The molecule has 2 aromatic carbocycles. The van der Waals surface area contributed by atoms with Crippen molar-refractivity contribution in [2.24, 2.45) is 0 Å². The number of quaternary nitrogens is 1. The van der Waals surface area contributed by atoms with Gasteiger partial charge in [0.15, 0.2) is 11.4 Å². The summed E-state index contributed by atoms with van der Waals surface area (Å²) >= 11 is 5.91. The van der Waals surface area contributed by atoms with Gasteiger partial charge in [0, 0.05) is 5.69 Å². The zero-order chi connectivity index (χ0) is 19.0. The number of para-hydroxylation sites is 2. The lowest BCUT2D eigenvalue weighted by Gasteiger charge is -2.32. The summed E-state index contributed by atoms with van der Waals surface area (Å²) < 4.78 is 16.4. The first-order chi connectivity index (χ1) is 13.1. The van der Waals surface area contributed by atoms with Crippen molar-refractivity contribution < 1.29 is 14.4 Å². The predicted octanol–water partition coefficient (Wildman–Crippen LogP) is 2.82. The molecule has 4 rings (SSSR count). The van der Waals surface area contributed by atoms with E-state index in [1.165, 1.54) is 4.90 Å². The van der Waals surface area contributed by atoms with Gasteiger partial charge in [0.05, 0.1) is 18.1 Å². The van der Waals surface area contributed by atoms with E-state index in [-0.39, 0.29) is 12.2 Å². The van der Waals surface area contributed by atoms with Gasteiger partial charge in [-0.3, -0.25) is 9.13 Å². The summed E-state index contributed by atoms with van der Waals surface area (Å²) in [6.07, 6.45) is 0.542.